The van der Waals surface area contributed by atoms with E-state index in [2.05, 4.69) is 17.2 Å². The summed E-state index contributed by atoms with van der Waals surface area (Å²) in [6.45, 7) is 4.26. The van der Waals surface area contributed by atoms with Gasteiger partial charge < -0.3 is 0 Å². The molecule has 106 valence electrons. The zero-order valence-electron chi connectivity index (χ0n) is 11.5. The first-order valence-corrected chi connectivity index (χ1v) is 7.95. The van der Waals surface area contributed by atoms with Crippen molar-refractivity contribution in [3.8, 4) is 0 Å². The number of likely N-dealkylation sites (tertiary alicyclic amines) is 1. The number of nitrogens with zero attached hydrogens (tertiary/aromatic N) is 1. The molecule has 1 atom stereocenters. The quantitative estimate of drug-likeness (QED) is 0.506. The third-order valence-corrected chi connectivity index (χ3v) is 4.88. The molecule has 1 aromatic rings. The Balaban J connectivity index is 2.10. The highest BCUT2D eigenvalue weighted by molar-refractivity contribution is 7.12. The van der Waals surface area contributed by atoms with Gasteiger partial charge in [-0.15, -0.1) is 11.3 Å². The van der Waals surface area contributed by atoms with Crippen LogP contribution in [-0.4, -0.2) is 23.4 Å². The molecule has 1 aromatic heterocycles. The zero-order valence-corrected chi connectivity index (χ0v) is 12.3. The Morgan fingerprint density at radius 3 is 3.11 bits per heavy atom. The standard InChI is InChI=1S/C14H23N3OS/c1-2-12-6-4-3-5-8-17(12)10-11-7-9-19-13(11)14(18)16-15/h7,9,12H,2-6,8,10,15H2,1H3,(H,16,18). The Bertz CT molecular complexity index is 419. The molecule has 4 nitrogen and oxygen atoms in total. The largest absolute Gasteiger partial charge is 0.296 e. The summed E-state index contributed by atoms with van der Waals surface area (Å²) in [6.07, 6.45) is 6.38. The monoisotopic (exact) mass is 281 g/mol. The molecule has 2 heterocycles. The van der Waals surface area contributed by atoms with Gasteiger partial charge in [0, 0.05) is 12.6 Å². The number of nitrogen functional groups attached to an aromatic ring is 1. The summed E-state index contributed by atoms with van der Waals surface area (Å²) in [5, 5.41) is 1.97. The fourth-order valence-electron chi connectivity index (χ4n) is 2.85. The molecule has 0 aromatic carbocycles. The van der Waals surface area contributed by atoms with Crippen molar-refractivity contribution in [2.45, 2.75) is 51.6 Å². The van der Waals surface area contributed by atoms with E-state index in [9.17, 15) is 4.79 Å². The molecule has 0 radical (unpaired) electrons. The van der Waals surface area contributed by atoms with Crippen LogP contribution >= 0.6 is 11.3 Å². The van der Waals surface area contributed by atoms with Crippen molar-refractivity contribution in [1.82, 2.24) is 10.3 Å². The van der Waals surface area contributed by atoms with Gasteiger partial charge in [-0.05, 0) is 42.8 Å². The van der Waals surface area contributed by atoms with Gasteiger partial charge in [-0.1, -0.05) is 19.8 Å². The zero-order chi connectivity index (χ0) is 13.7. The number of nitrogens with one attached hydrogen (secondary N) is 1. The number of carbonyl (C=O) groups excluding carboxylic acids is 1. The first-order valence-electron chi connectivity index (χ1n) is 7.07. The first-order chi connectivity index (χ1) is 9.26. The highest BCUT2D eigenvalue weighted by Gasteiger charge is 2.22. The lowest BCUT2D eigenvalue weighted by molar-refractivity contribution is 0.0955. The highest BCUT2D eigenvalue weighted by Crippen LogP contribution is 2.24. The summed E-state index contributed by atoms with van der Waals surface area (Å²) in [5.41, 5.74) is 3.34. The smallest absolute Gasteiger partial charge is 0.275 e. The number of hydrogen-bond donors (Lipinski definition) is 2. The number of nitrogens with two attached hydrogens (primary N) is 1. The fourth-order valence-corrected chi connectivity index (χ4v) is 3.67. The Morgan fingerprint density at radius 2 is 2.37 bits per heavy atom. The maximum atomic E-state index is 11.7. The molecule has 1 aliphatic heterocycles. The molecule has 0 spiro atoms. The second kappa shape index (κ2) is 7.03. The number of hydrogen-bond acceptors (Lipinski definition) is 4. The topological polar surface area (TPSA) is 58.4 Å². The molecule has 3 N–H and O–H groups in total. The molecule has 1 amide bonds. The molecule has 2 rings (SSSR count). The molecule has 19 heavy (non-hydrogen) atoms. The maximum absolute atomic E-state index is 11.7. The summed E-state index contributed by atoms with van der Waals surface area (Å²) in [6, 6.07) is 2.70. The molecular weight excluding hydrogens is 258 g/mol. The van der Waals surface area contributed by atoms with Gasteiger partial charge in [-0.3, -0.25) is 15.1 Å². The van der Waals surface area contributed by atoms with Gasteiger partial charge >= 0.3 is 0 Å². The van der Waals surface area contributed by atoms with Crippen molar-refractivity contribution >= 4 is 17.2 Å². The minimum atomic E-state index is -0.173. The highest BCUT2D eigenvalue weighted by atomic mass is 32.1. The van der Waals surface area contributed by atoms with Crippen molar-refractivity contribution in [3.05, 3.63) is 21.9 Å². The average Bonchev–Trinajstić information content (AvgIpc) is 2.77. The average molecular weight is 281 g/mol. The molecule has 0 bridgehead atoms. The first kappa shape index (κ1) is 14.5. The van der Waals surface area contributed by atoms with Gasteiger partial charge in [-0.25, -0.2) is 5.84 Å². The number of hydrazine groups is 1. The van der Waals surface area contributed by atoms with Gasteiger partial charge in [0.1, 0.15) is 0 Å². The van der Waals surface area contributed by atoms with E-state index >= 15 is 0 Å². The van der Waals surface area contributed by atoms with Crippen LogP contribution in [0.25, 0.3) is 0 Å². The van der Waals surface area contributed by atoms with Crippen molar-refractivity contribution in [2.75, 3.05) is 6.54 Å². The molecule has 0 saturated carbocycles. The number of carbonyl (C=O) groups is 1. The van der Waals surface area contributed by atoms with Crippen LogP contribution in [0.3, 0.4) is 0 Å². The molecule has 1 fully saturated rings. The third kappa shape index (κ3) is 3.55. The van der Waals surface area contributed by atoms with E-state index in [0.29, 0.717) is 6.04 Å². The summed E-state index contributed by atoms with van der Waals surface area (Å²) in [7, 11) is 0. The number of amides is 1. The number of rotatable bonds is 4. The molecule has 5 heteroatoms. The van der Waals surface area contributed by atoms with Gasteiger partial charge in [0.25, 0.3) is 5.91 Å². The van der Waals surface area contributed by atoms with E-state index in [1.54, 1.807) is 0 Å². The normalized spacial score (nSPS) is 21.1. The van der Waals surface area contributed by atoms with Crippen molar-refractivity contribution < 1.29 is 4.79 Å². The molecule has 1 aliphatic rings. The van der Waals surface area contributed by atoms with Gasteiger partial charge in [0.15, 0.2) is 0 Å². The van der Waals surface area contributed by atoms with E-state index in [1.165, 1.54) is 43.4 Å². The summed E-state index contributed by atoms with van der Waals surface area (Å²) >= 11 is 1.47. The predicted octanol–water partition coefficient (Wildman–Crippen LogP) is 2.51. The summed E-state index contributed by atoms with van der Waals surface area (Å²) in [5.74, 6) is 5.06. The molecule has 1 unspecified atom stereocenters. The van der Waals surface area contributed by atoms with E-state index in [0.717, 1.165) is 23.5 Å². The fraction of sp³-hybridized carbons (Fsp3) is 0.643. The second-order valence-electron chi connectivity index (χ2n) is 5.13. The lowest BCUT2D eigenvalue weighted by atomic mass is 10.1. The van der Waals surface area contributed by atoms with Gasteiger partial charge in [0.2, 0.25) is 0 Å². The predicted molar refractivity (Wildman–Crippen MR) is 78.9 cm³/mol. The Labute approximate surface area is 118 Å². The lowest BCUT2D eigenvalue weighted by Crippen LogP contribution is -2.35. The van der Waals surface area contributed by atoms with E-state index in [4.69, 9.17) is 5.84 Å². The SMILES string of the molecule is CCC1CCCCCN1Cc1ccsc1C(=O)NN. The minimum Gasteiger partial charge on any atom is -0.296 e. The molecule has 1 saturated heterocycles. The maximum Gasteiger partial charge on any atom is 0.275 e. The molecular formula is C14H23N3OS. The van der Waals surface area contributed by atoms with Crippen molar-refractivity contribution in [2.24, 2.45) is 5.84 Å². The van der Waals surface area contributed by atoms with Crippen LogP contribution < -0.4 is 11.3 Å². The summed E-state index contributed by atoms with van der Waals surface area (Å²) < 4.78 is 0. The Kier molecular flexibility index (Phi) is 5.36. The number of thiophene rings is 1. The Hall–Kier alpha value is -0.910. The minimum absolute atomic E-state index is 0.173. The van der Waals surface area contributed by atoms with Crippen LogP contribution in [0.4, 0.5) is 0 Å². The second-order valence-corrected chi connectivity index (χ2v) is 6.05. The van der Waals surface area contributed by atoms with E-state index in [1.807, 2.05) is 11.4 Å². The van der Waals surface area contributed by atoms with E-state index < -0.39 is 0 Å². The lowest BCUT2D eigenvalue weighted by Gasteiger charge is -2.29. The van der Waals surface area contributed by atoms with Crippen LogP contribution in [-0.2, 0) is 6.54 Å². The summed E-state index contributed by atoms with van der Waals surface area (Å²) in [4.78, 5) is 15.0. The van der Waals surface area contributed by atoms with Crippen molar-refractivity contribution in [3.63, 3.8) is 0 Å². The Morgan fingerprint density at radius 1 is 1.53 bits per heavy atom. The molecule has 0 aliphatic carbocycles. The van der Waals surface area contributed by atoms with Crippen LogP contribution in [0, 0.1) is 0 Å². The third-order valence-electron chi connectivity index (χ3n) is 3.93. The van der Waals surface area contributed by atoms with Crippen LogP contribution in [0.1, 0.15) is 54.3 Å². The van der Waals surface area contributed by atoms with Crippen LogP contribution in [0.2, 0.25) is 0 Å². The van der Waals surface area contributed by atoms with Gasteiger partial charge in [0.05, 0.1) is 4.88 Å². The van der Waals surface area contributed by atoms with Crippen molar-refractivity contribution in [1.29, 1.82) is 0 Å². The van der Waals surface area contributed by atoms with Crippen LogP contribution in [0.5, 0.6) is 0 Å². The van der Waals surface area contributed by atoms with Crippen LogP contribution in [0.15, 0.2) is 11.4 Å². The van der Waals surface area contributed by atoms with Gasteiger partial charge in [-0.2, -0.15) is 0 Å². The van der Waals surface area contributed by atoms with E-state index in [-0.39, 0.29) is 5.91 Å².